The van der Waals surface area contributed by atoms with Gasteiger partial charge in [-0.15, -0.1) is 0 Å². The van der Waals surface area contributed by atoms with E-state index in [-0.39, 0.29) is 56.5 Å². The van der Waals surface area contributed by atoms with Gasteiger partial charge in [-0.3, -0.25) is 19.3 Å². The Morgan fingerprint density at radius 1 is 0.957 bits per heavy atom. The highest BCUT2D eigenvalue weighted by molar-refractivity contribution is 9.12. The van der Waals surface area contributed by atoms with Crippen molar-refractivity contribution < 1.29 is 23.9 Å². The fourth-order valence-electron chi connectivity index (χ4n) is 7.41. The molecule has 2 amide bonds. The monoisotopic (exact) mass is 762 g/mol. The number of fused-ring (bicyclic) bond motifs is 6. The number of imide groups is 1. The Balaban J connectivity index is 1.21. The maximum absolute atomic E-state index is 13.7. The molecule has 7 atom stereocenters. The van der Waals surface area contributed by atoms with Crippen LogP contribution in [0.25, 0.3) is 22.2 Å². The lowest BCUT2D eigenvalue weighted by atomic mass is 9.81. The van der Waals surface area contributed by atoms with Crippen LogP contribution in [0.1, 0.15) is 46.0 Å². The van der Waals surface area contributed by atoms with Crippen LogP contribution in [0.15, 0.2) is 72.8 Å². The molecular weight excluding hydrogens is 736 g/mol. The molecule has 3 fully saturated rings. The lowest BCUT2D eigenvalue weighted by Crippen LogP contribution is -2.37. The maximum atomic E-state index is 13.7. The number of nitrogens with zero attached hydrogens (tertiary/aromatic N) is 2. The number of halogens is 3. The second kappa shape index (κ2) is 12.0. The summed E-state index contributed by atoms with van der Waals surface area (Å²) in [5.41, 5.74) is 3.62. The van der Waals surface area contributed by atoms with Crippen LogP contribution < -0.4 is 4.90 Å². The number of Topliss-reactive ketones (excluding diaryl/α,β-unsaturated/α-hetero) is 1. The van der Waals surface area contributed by atoms with Crippen molar-refractivity contribution >= 4 is 83.6 Å². The van der Waals surface area contributed by atoms with Crippen molar-refractivity contribution in [2.75, 3.05) is 4.90 Å². The summed E-state index contributed by atoms with van der Waals surface area (Å²) in [5.74, 6) is -1.56. The Morgan fingerprint density at radius 2 is 1.59 bits per heavy atom. The lowest BCUT2D eigenvalue weighted by Gasteiger charge is -2.28. The van der Waals surface area contributed by atoms with Crippen LogP contribution in [0.4, 0.5) is 5.69 Å². The number of carbonyl (C=O) groups is 4. The minimum absolute atomic E-state index is 0.130. The topological polar surface area (TPSA) is 93.6 Å². The highest BCUT2D eigenvalue weighted by Crippen LogP contribution is 2.60. The van der Waals surface area contributed by atoms with Gasteiger partial charge in [0.15, 0.2) is 6.10 Å². The minimum Gasteiger partial charge on any atom is -0.450 e. The van der Waals surface area contributed by atoms with E-state index < -0.39 is 12.1 Å². The molecule has 4 aromatic rings. The molecule has 1 aliphatic heterocycles. The smallest absolute Gasteiger partial charge is 0.339 e. The Bertz CT molecular complexity index is 1890. The van der Waals surface area contributed by atoms with E-state index in [4.69, 9.17) is 21.3 Å². The lowest BCUT2D eigenvalue weighted by molar-refractivity contribution is -0.123. The summed E-state index contributed by atoms with van der Waals surface area (Å²) in [6.07, 6.45) is 0.220. The van der Waals surface area contributed by atoms with Crippen LogP contribution in [0.5, 0.6) is 0 Å². The van der Waals surface area contributed by atoms with E-state index in [9.17, 15) is 19.2 Å². The van der Waals surface area contributed by atoms with Gasteiger partial charge in [0.05, 0.1) is 34.3 Å². The third-order valence-electron chi connectivity index (χ3n) is 9.77. The fourth-order valence-corrected chi connectivity index (χ4v) is 9.43. The number of aromatic nitrogens is 1. The number of benzene rings is 3. The summed E-state index contributed by atoms with van der Waals surface area (Å²) in [7, 11) is 0. The second-order valence-corrected chi connectivity index (χ2v) is 14.7. The number of anilines is 1. The summed E-state index contributed by atoms with van der Waals surface area (Å²) >= 11 is 13.9. The summed E-state index contributed by atoms with van der Waals surface area (Å²) in [6, 6.07) is 20.9. The zero-order valence-electron chi connectivity index (χ0n) is 25.0. The summed E-state index contributed by atoms with van der Waals surface area (Å²) in [5, 5.41) is 1.05. The first-order valence-electron chi connectivity index (χ1n) is 15.3. The Morgan fingerprint density at radius 3 is 2.20 bits per heavy atom. The van der Waals surface area contributed by atoms with E-state index >= 15 is 0 Å². The molecule has 0 radical (unpaired) electrons. The number of amides is 2. The van der Waals surface area contributed by atoms with Crippen LogP contribution in [0, 0.1) is 30.6 Å². The van der Waals surface area contributed by atoms with Crippen LogP contribution in [-0.2, 0) is 14.3 Å². The predicted octanol–water partition coefficient (Wildman–Crippen LogP) is 7.96. The molecule has 10 heteroatoms. The highest BCUT2D eigenvalue weighted by Gasteiger charge is 2.66. The van der Waals surface area contributed by atoms with Crippen LogP contribution >= 0.6 is 43.5 Å². The van der Waals surface area contributed by atoms with Crippen molar-refractivity contribution in [3.05, 3.63) is 94.5 Å². The number of alkyl halides is 2. The molecule has 7 unspecified atom stereocenters. The van der Waals surface area contributed by atoms with Gasteiger partial charge in [0.1, 0.15) is 0 Å². The van der Waals surface area contributed by atoms with Gasteiger partial charge in [0, 0.05) is 31.2 Å². The average molecular weight is 765 g/mol. The third-order valence-corrected chi connectivity index (χ3v) is 13.4. The van der Waals surface area contributed by atoms with Gasteiger partial charge >= 0.3 is 5.97 Å². The maximum Gasteiger partial charge on any atom is 0.339 e. The average Bonchev–Trinajstić information content (AvgIpc) is 3.69. The van der Waals surface area contributed by atoms with Crippen LogP contribution in [0.3, 0.4) is 0 Å². The molecule has 7 nitrogen and oxygen atoms in total. The number of ketones is 1. The molecule has 3 aliphatic rings. The largest absolute Gasteiger partial charge is 0.450 e. The van der Waals surface area contributed by atoms with Gasteiger partial charge in [0.25, 0.3) is 0 Å². The number of ether oxygens (including phenoxy) is 1. The first kappa shape index (κ1) is 31.2. The number of rotatable bonds is 7. The number of carbonyl (C=O) groups excluding carboxylic acids is 4. The Labute approximate surface area is 287 Å². The molecule has 1 saturated heterocycles. The molecule has 2 bridgehead atoms. The minimum atomic E-state index is -0.959. The molecule has 0 N–H and O–H groups in total. The molecule has 2 aliphatic carbocycles. The van der Waals surface area contributed by atoms with Crippen molar-refractivity contribution in [1.29, 1.82) is 0 Å². The van der Waals surface area contributed by atoms with Gasteiger partial charge in [-0.05, 0) is 61.4 Å². The van der Waals surface area contributed by atoms with Crippen molar-refractivity contribution in [1.82, 2.24) is 4.98 Å². The van der Waals surface area contributed by atoms with E-state index in [0.29, 0.717) is 50.4 Å². The van der Waals surface area contributed by atoms with Gasteiger partial charge < -0.3 is 4.74 Å². The SMILES string of the molecule is CCC(OC(=O)c1cc(-c2ccc(N3C(=O)C4C5CC(C(Br)C5Br)C4C3=O)cc2)nc2c(C)c(Cl)ccc12)C(=O)c1ccccc1. The highest BCUT2D eigenvalue weighted by atomic mass is 79.9. The molecule has 3 aromatic carbocycles. The number of hydrogen-bond donors (Lipinski definition) is 0. The van der Waals surface area contributed by atoms with Crippen LogP contribution in [0.2, 0.25) is 5.02 Å². The van der Waals surface area contributed by atoms with E-state index in [1.54, 1.807) is 73.7 Å². The molecular formula is C36H29Br2ClN2O5. The predicted molar refractivity (Wildman–Crippen MR) is 184 cm³/mol. The van der Waals surface area contributed by atoms with Gasteiger partial charge in [-0.25, -0.2) is 9.78 Å². The Kier molecular flexibility index (Phi) is 8.14. The Hall–Kier alpha value is -3.40. The van der Waals surface area contributed by atoms with Gasteiger partial charge in [0.2, 0.25) is 17.6 Å². The van der Waals surface area contributed by atoms with E-state index in [1.807, 2.05) is 13.0 Å². The number of aryl methyl sites for hydroxylation is 1. The standard InChI is InChI=1S/C36H29Br2ClN2O5/c1-3-27(33(42)19-7-5-4-6-8-19)46-36(45)22-16-26(40-32-17(2)25(39)14-13-21(22)32)18-9-11-20(12-10-18)41-34(43)28-23-15-24(29(28)35(41)44)31(38)30(23)37/h4-14,16,23-24,27-31H,3,15H2,1-2H3. The molecule has 2 saturated carbocycles. The molecule has 1 aromatic heterocycles. The van der Waals surface area contributed by atoms with E-state index in [1.165, 1.54) is 4.90 Å². The molecule has 234 valence electrons. The van der Waals surface area contributed by atoms with Crippen molar-refractivity contribution in [2.45, 2.75) is 42.4 Å². The van der Waals surface area contributed by atoms with Crippen molar-refractivity contribution in [3.8, 4) is 11.3 Å². The van der Waals surface area contributed by atoms with Crippen LogP contribution in [-0.4, -0.2) is 44.3 Å². The number of hydrogen-bond acceptors (Lipinski definition) is 6. The molecule has 2 heterocycles. The zero-order chi connectivity index (χ0) is 32.4. The summed E-state index contributed by atoms with van der Waals surface area (Å²) in [6.45, 7) is 3.63. The number of esters is 1. The van der Waals surface area contributed by atoms with E-state index in [2.05, 4.69) is 31.9 Å². The summed E-state index contributed by atoms with van der Waals surface area (Å²) < 4.78 is 5.82. The van der Waals surface area contributed by atoms with Gasteiger partial charge in [-0.2, -0.15) is 0 Å². The number of pyridine rings is 1. The van der Waals surface area contributed by atoms with E-state index in [0.717, 1.165) is 6.42 Å². The molecule has 7 rings (SSSR count). The van der Waals surface area contributed by atoms with Crippen molar-refractivity contribution in [2.24, 2.45) is 23.7 Å². The van der Waals surface area contributed by atoms with Crippen molar-refractivity contribution in [3.63, 3.8) is 0 Å². The molecule has 0 spiro atoms. The normalized spacial score (nSPS) is 25.6. The first-order valence-corrected chi connectivity index (χ1v) is 17.5. The fraction of sp³-hybridized carbons (Fsp3) is 0.306. The molecule has 46 heavy (non-hydrogen) atoms. The quantitative estimate of drug-likeness (QED) is 0.0821. The third kappa shape index (κ3) is 4.93. The zero-order valence-corrected chi connectivity index (χ0v) is 28.9. The second-order valence-electron chi connectivity index (χ2n) is 12.2. The van der Waals surface area contributed by atoms with Gasteiger partial charge in [-0.1, -0.05) is 98.9 Å². The summed E-state index contributed by atoms with van der Waals surface area (Å²) in [4.78, 5) is 60.5. The first-order chi connectivity index (χ1) is 22.1.